The summed E-state index contributed by atoms with van der Waals surface area (Å²) >= 11 is 0. The van der Waals surface area contributed by atoms with Crippen LogP contribution in [0.4, 0.5) is 4.39 Å². The molecule has 0 aliphatic rings. The SMILES string of the molecule is CCCn1ncnc1CC(CN)(CO)c1ccc(F)cc1. The summed E-state index contributed by atoms with van der Waals surface area (Å²) in [6.45, 7) is 2.95. The van der Waals surface area contributed by atoms with Gasteiger partial charge in [-0.05, 0) is 24.1 Å². The van der Waals surface area contributed by atoms with Crippen LogP contribution in [0.1, 0.15) is 24.7 Å². The quantitative estimate of drug-likeness (QED) is 0.805. The number of aryl methyl sites for hydroxylation is 1. The van der Waals surface area contributed by atoms with E-state index in [1.165, 1.54) is 18.5 Å². The molecule has 0 saturated carbocycles. The van der Waals surface area contributed by atoms with Gasteiger partial charge in [-0.3, -0.25) is 4.68 Å². The Hall–Kier alpha value is -1.79. The number of hydrogen-bond donors (Lipinski definition) is 2. The first-order chi connectivity index (χ1) is 10.1. The molecule has 0 aliphatic carbocycles. The normalized spacial score (nSPS) is 14.1. The Morgan fingerprint density at radius 2 is 2.05 bits per heavy atom. The number of aliphatic hydroxyl groups is 1. The minimum absolute atomic E-state index is 0.131. The summed E-state index contributed by atoms with van der Waals surface area (Å²) in [6.07, 6.45) is 2.92. The maximum absolute atomic E-state index is 13.1. The van der Waals surface area contributed by atoms with Gasteiger partial charge in [-0.15, -0.1) is 0 Å². The Labute approximate surface area is 123 Å². The molecule has 0 bridgehead atoms. The molecule has 114 valence electrons. The molecule has 0 fully saturated rings. The third-order valence-electron chi connectivity index (χ3n) is 3.78. The summed E-state index contributed by atoms with van der Waals surface area (Å²) in [5, 5.41) is 14.1. The number of halogens is 1. The van der Waals surface area contributed by atoms with Crippen molar-refractivity contribution in [2.75, 3.05) is 13.2 Å². The van der Waals surface area contributed by atoms with Crippen LogP contribution in [0.3, 0.4) is 0 Å². The summed E-state index contributed by atoms with van der Waals surface area (Å²) in [6, 6.07) is 6.09. The fourth-order valence-corrected chi connectivity index (χ4v) is 2.43. The van der Waals surface area contributed by atoms with Gasteiger partial charge in [0.15, 0.2) is 0 Å². The predicted octanol–water partition coefficient (Wildman–Crippen LogP) is 1.26. The van der Waals surface area contributed by atoms with Gasteiger partial charge in [-0.25, -0.2) is 9.37 Å². The van der Waals surface area contributed by atoms with E-state index in [1.54, 1.807) is 12.1 Å². The molecule has 1 aromatic carbocycles. The van der Waals surface area contributed by atoms with Crippen LogP contribution in [0.25, 0.3) is 0 Å². The van der Waals surface area contributed by atoms with Crippen LogP contribution in [0.5, 0.6) is 0 Å². The molecule has 0 saturated heterocycles. The Morgan fingerprint density at radius 3 is 2.62 bits per heavy atom. The van der Waals surface area contributed by atoms with Crippen LogP contribution >= 0.6 is 0 Å². The monoisotopic (exact) mass is 292 g/mol. The lowest BCUT2D eigenvalue weighted by atomic mass is 9.78. The molecular weight excluding hydrogens is 271 g/mol. The van der Waals surface area contributed by atoms with Crippen LogP contribution in [0, 0.1) is 5.82 Å². The van der Waals surface area contributed by atoms with E-state index < -0.39 is 5.41 Å². The average Bonchev–Trinajstić information content (AvgIpc) is 2.93. The first kappa shape index (κ1) is 15.6. The van der Waals surface area contributed by atoms with Crippen molar-refractivity contribution >= 4 is 0 Å². The summed E-state index contributed by atoms with van der Waals surface area (Å²) in [5.74, 6) is 0.470. The topological polar surface area (TPSA) is 77.0 Å². The molecule has 0 amide bonds. The summed E-state index contributed by atoms with van der Waals surface area (Å²) in [4.78, 5) is 4.27. The van der Waals surface area contributed by atoms with E-state index in [2.05, 4.69) is 17.0 Å². The summed E-state index contributed by atoms with van der Waals surface area (Å²) in [7, 11) is 0. The molecule has 1 atom stereocenters. The first-order valence-electron chi connectivity index (χ1n) is 7.09. The van der Waals surface area contributed by atoms with E-state index in [0.717, 1.165) is 24.4 Å². The Balaban J connectivity index is 2.33. The van der Waals surface area contributed by atoms with E-state index >= 15 is 0 Å². The van der Waals surface area contributed by atoms with Crippen molar-refractivity contribution in [3.05, 3.63) is 47.8 Å². The lowest BCUT2D eigenvalue weighted by Crippen LogP contribution is -2.41. The molecule has 1 heterocycles. The van der Waals surface area contributed by atoms with E-state index in [1.807, 2.05) is 4.68 Å². The molecule has 21 heavy (non-hydrogen) atoms. The highest BCUT2D eigenvalue weighted by molar-refractivity contribution is 5.28. The smallest absolute Gasteiger partial charge is 0.138 e. The van der Waals surface area contributed by atoms with Gasteiger partial charge in [0, 0.05) is 24.9 Å². The van der Waals surface area contributed by atoms with Crippen LogP contribution in [0.2, 0.25) is 0 Å². The molecule has 2 rings (SSSR count). The van der Waals surface area contributed by atoms with Gasteiger partial charge in [0.1, 0.15) is 18.0 Å². The number of nitrogens with zero attached hydrogens (tertiary/aromatic N) is 3. The van der Waals surface area contributed by atoms with Gasteiger partial charge in [-0.1, -0.05) is 19.1 Å². The van der Waals surface area contributed by atoms with E-state index in [4.69, 9.17) is 5.73 Å². The average molecular weight is 292 g/mol. The van der Waals surface area contributed by atoms with Crippen LogP contribution in [0.15, 0.2) is 30.6 Å². The van der Waals surface area contributed by atoms with Crippen molar-refractivity contribution in [2.45, 2.75) is 31.7 Å². The van der Waals surface area contributed by atoms with Crippen LogP contribution in [-0.4, -0.2) is 33.0 Å². The highest BCUT2D eigenvalue weighted by Crippen LogP contribution is 2.27. The summed E-state index contributed by atoms with van der Waals surface area (Å²) in [5.41, 5.74) is 6.05. The van der Waals surface area contributed by atoms with Gasteiger partial charge < -0.3 is 10.8 Å². The molecule has 6 heteroatoms. The maximum Gasteiger partial charge on any atom is 0.138 e. The van der Waals surface area contributed by atoms with Gasteiger partial charge in [-0.2, -0.15) is 5.10 Å². The second-order valence-corrected chi connectivity index (χ2v) is 5.23. The minimum Gasteiger partial charge on any atom is -0.395 e. The third kappa shape index (κ3) is 3.28. The Morgan fingerprint density at radius 1 is 1.33 bits per heavy atom. The van der Waals surface area contributed by atoms with E-state index in [-0.39, 0.29) is 19.0 Å². The fourth-order valence-electron chi connectivity index (χ4n) is 2.43. The lowest BCUT2D eigenvalue weighted by molar-refractivity contribution is 0.192. The largest absolute Gasteiger partial charge is 0.395 e. The van der Waals surface area contributed by atoms with Crippen LogP contribution < -0.4 is 5.73 Å². The lowest BCUT2D eigenvalue weighted by Gasteiger charge is -2.30. The third-order valence-corrected chi connectivity index (χ3v) is 3.78. The highest BCUT2D eigenvalue weighted by Gasteiger charge is 2.32. The van der Waals surface area contributed by atoms with Gasteiger partial charge >= 0.3 is 0 Å². The molecule has 0 aliphatic heterocycles. The fraction of sp³-hybridized carbons (Fsp3) is 0.467. The first-order valence-corrected chi connectivity index (χ1v) is 7.09. The molecule has 2 aromatic rings. The highest BCUT2D eigenvalue weighted by atomic mass is 19.1. The van der Waals surface area contributed by atoms with Gasteiger partial charge in [0.2, 0.25) is 0 Å². The second kappa shape index (κ2) is 6.78. The molecule has 0 radical (unpaired) electrons. The number of hydrogen-bond acceptors (Lipinski definition) is 4. The van der Waals surface area contributed by atoms with Crippen molar-refractivity contribution in [1.82, 2.24) is 14.8 Å². The zero-order valence-electron chi connectivity index (χ0n) is 12.2. The molecule has 1 aromatic heterocycles. The van der Waals surface area contributed by atoms with E-state index in [9.17, 15) is 9.50 Å². The van der Waals surface area contributed by atoms with Gasteiger partial charge in [0.25, 0.3) is 0 Å². The number of aliphatic hydroxyl groups excluding tert-OH is 1. The zero-order chi connectivity index (χ0) is 15.3. The molecule has 0 spiro atoms. The predicted molar refractivity (Wildman–Crippen MR) is 78.2 cm³/mol. The van der Waals surface area contributed by atoms with Crippen molar-refractivity contribution in [3.8, 4) is 0 Å². The van der Waals surface area contributed by atoms with Crippen molar-refractivity contribution in [2.24, 2.45) is 5.73 Å². The number of aromatic nitrogens is 3. The second-order valence-electron chi connectivity index (χ2n) is 5.23. The van der Waals surface area contributed by atoms with E-state index in [0.29, 0.717) is 6.42 Å². The van der Waals surface area contributed by atoms with Crippen molar-refractivity contribution < 1.29 is 9.50 Å². The molecule has 3 N–H and O–H groups in total. The maximum atomic E-state index is 13.1. The Kier molecular flexibility index (Phi) is 5.03. The minimum atomic E-state index is -0.674. The number of nitrogens with two attached hydrogens (primary N) is 1. The number of benzene rings is 1. The standard InChI is InChI=1S/C15H21FN4O/c1-2-7-20-14(18-11-19-20)8-15(9-17,10-21)12-3-5-13(16)6-4-12/h3-6,11,21H,2,7-10,17H2,1H3. The van der Waals surface area contributed by atoms with Gasteiger partial charge in [0.05, 0.1) is 6.61 Å². The van der Waals surface area contributed by atoms with Crippen LogP contribution in [-0.2, 0) is 18.4 Å². The van der Waals surface area contributed by atoms with Crippen molar-refractivity contribution in [3.63, 3.8) is 0 Å². The van der Waals surface area contributed by atoms with Crippen molar-refractivity contribution in [1.29, 1.82) is 0 Å². The molecule has 1 unspecified atom stereocenters. The number of rotatable bonds is 7. The Bertz CT molecular complexity index is 563. The molecule has 5 nitrogen and oxygen atoms in total. The zero-order valence-corrected chi connectivity index (χ0v) is 12.2. The molecular formula is C15H21FN4O. The summed E-state index contributed by atoms with van der Waals surface area (Å²) < 4.78 is 14.9.